The molecule has 0 radical (unpaired) electrons. The number of nitrogens with one attached hydrogen (secondary N) is 1. The van der Waals surface area contributed by atoms with Crippen LogP contribution in [-0.2, 0) is 0 Å². The molecular weight excluding hydrogens is 323 g/mol. The third kappa shape index (κ3) is 6.81. The summed E-state index contributed by atoms with van der Waals surface area (Å²) in [4.78, 5) is 18.4. The number of nitrogens with two attached hydrogens (primary N) is 1. The molecular formula is C15H28Cl2N4O. The Morgan fingerprint density at radius 3 is 2.32 bits per heavy atom. The first-order valence-electron chi connectivity index (χ1n) is 6.93. The number of aromatic nitrogens is 1. The topological polar surface area (TPSA) is 71.2 Å². The molecule has 0 bridgehead atoms. The van der Waals surface area contributed by atoms with Crippen LogP contribution in [0, 0.1) is 5.92 Å². The molecule has 0 aliphatic carbocycles. The van der Waals surface area contributed by atoms with Crippen molar-refractivity contribution in [1.29, 1.82) is 0 Å². The summed E-state index contributed by atoms with van der Waals surface area (Å²) < 4.78 is 0. The summed E-state index contributed by atoms with van der Waals surface area (Å²) in [7, 11) is 3.83. The predicted octanol–water partition coefficient (Wildman–Crippen LogP) is 2.48. The minimum atomic E-state index is -0.383. The Bertz CT molecular complexity index is 451. The molecule has 0 aliphatic rings. The van der Waals surface area contributed by atoms with Crippen molar-refractivity contribution in [2.24, 2.45) is 11.7 Å². The van der Waals surface area contributed by atoms with E-state index in [1.165, 1.54) is 0 Å². The van der Waals surface area contributed by atoms with Gasteiger partial charge < -0.3 is 16.0 Å². The summed E-state index contributed by atoms with van der Waals surface area (Å²) in [6, 6.07) is 3.61. The molecule has 0 aliphatic heterocycles. The van der Waals surface area contributed by atoms with Crippen LogP contribution in [0.1, 0.15) is 37.6 Å². The van der Waals surface area contributed by atoms with E-state index in [9.17, 15) is 4.79 Å². The Hall–Kier alpha value is -1.04. The van der Waals surface area contributed by atoms with Crippen LogP contribution >= 0.6 is 24.8 Å². The van der Waals surface area contributed by atoms with E-state index in [1.54, 1.807) is 12.3 Å². The number of pyridine rings is 1. The first kappa shape index (κ1) is 23.2. The Morgan fingerprint density at radius 2 is 1.95 bits per heavy atom. The van der Waals surface area contributed by atoms with Gasteiger partial charge >= 0.3 is 0 Å². The molecule has 128 valence electrons. The van der Waals surface area contributed by atoms with Crippen LogP contribution in [0.4, 0.5) is 5.82 Å². The van der Waals surface area contributed by atoms with Gasteiger partial charge in [-0.15, -0.1) is 24.8 Å². The molecule has 22 heavy (non-hydrogen) atoms. The summed E-state index contributed by atoms with van der Waals surface area (Å²) in [6.07, 6.45) is 2.44. The SMILES string of the molecule is CC(C)CC(C)(CN)NC(=O)c1ccc(N(C)C)nc1.Cl.Cl. The van der Waals surface area contributed by atoms with Gasteiger partial charge in [0.1, 0.15) is 5.82 Å². The fourth-order valence-corrected chi connectivity index (χ4v) is 2.22. The number of nitrogens with zero attached hydrogens (tertiary/aromatic N) is 2. The van der Waals surface area contributed by atoms with Crippen molar-refractivity contribution >= 4 is 36.5 Å². The van der Waals surface area contributed by atoms with Crippen molar-refractivity contribution in [3.8, 4) is 0 Å². The van der Waals surface area contributed by atoms with Gasteiger partial charge in [0.15, 0.2) is 0 Å². The molecule has 0 fully saturated rings. The average Bonchev–Trinajstić information content (AvgIpc) is 2.37. The van der Waals surface area contributed by atoms with Crippen LogP contribution in [0.2, 0.25) is 0 Å². The number of hydrogen-bond donors (Lipinski definition) is 2. The molecule has 1 unspecified atom stereocenters. The lowest BCUT2D eigenvalue weighted by atomic mass is 9.90. The summed E-state index contributed by atoms with van der Waals surface area (Å²) in [5.41, 5.74) is 5.98. The molecule has 1 aromatic heterocycles. The standard InChI is InChI=1S/C15H26N4O.2ClH/c1-11(2)8-15(3,10-16)18-14(20)12-6-7-13(17-9-12)19(4)5;;/h6-7,9,11H,8,10,16H2,1-5H3,(H,18,20);2*1H. The summed E-state index contributed by atoms with van der Waals surface area (Å²) in [5, 5.41) is 3.02. The van der Waals surface area contributed by atoms with Gasteiger partial charge in [-0.2, -0.15) is 0 Å². The molecule has 5 nitrogen and oxygen atoms in total. The molecule has 0 saturated carbocycles. The van der Waals surface area contributed by atoms with Crippen molar-refractivity contribution in [3.63, 3.8) is 0 Å². The Kier molecular flexibility index (Phi) is 10.4. The van der Waals surface area contributed by atoms with Gasteiger partial charge in [-0.3, -0.25) is 4.79 Å². The zero-order valence-electron chi connectivity index (χ0n) is 13.9. The van der Waals surface area contributed by atoms with Gasteiger partial charge in [0.05, 0.1) is 5.56 Å². The highest BCUT2D eigenvalue weighted by molar-refractivity contribution is 5.94. The van der Waals surface area contributed by atoms with Crippen molar-refractivity contribution in [2.75, 3.05) is 25.5 Å². The number of hydrogen-bond acceptors (Lipinski definition) is 4. The third-order valence-electron chi connectivity index (χ3n) is 3.19. The lowest BCUT2D eigenvalue weighted by Gasteiger charge is -2.31. The number of anilines is 1. The monoisotopic (exact) mass is 350 g/mol. The van der Waals surface area contributed by atoms with E-state index >= 15 is 0 Å². The second-order valence-electron chi connectivity index (χ2n) is 6.12. The normalized spacial score (nSPS) is 12.7. The van der Waals surface area contributed by atoms with Crippen LogP contribution in [0.5, 0.6) is 0 Å². The van der Waals surface area contributed by atoms with Gasteiger partial charge in [0.2, 0.25) is 0 Å². The number of halogens is 2. The molecule has 1 heterocycles. The molecule has 7 heteroatoms. The summed E-state index contributed by atoms with van der Waals surface area (Å²) in [5.74, 6) is 1.17. The molecule has 0 saturated heterocycles. The minimum Gasteiger partial charge on any atom is -0.363 e. The second-order valence-corrected chi connectivity index (χ2v) is 6.12. The van der Waals surface area contributed by atoms with E-state index in [0.717, 1.165) is 12.2 Å². The number of rotatable bonds is 6. The quantitative estimate of drug-likeness (QED) is 0.826. The smallest absolute Gasteiger partial charge is 0.253 e. The van der Waals surface area contributed by atoms with Crippen LogP contribution in [-0.4, -0.2) is 37.1 Å². The third-order valence-corrected chi connectivity index (χ3v) is 3.19. The maximum absolute atomic E-state index is 12.3. The Labute approximate surface area is 145 Å². The van der Waals surface area contributed by atoms with Gasteiger partial charge in [-0.25, -0.2) is 4.98 Å². The Balaban J connectivity index is 0. The van der Waals surface area contributed by atoms with Gasteiger partial charge in [-0.1, -0.05) is 13.8 Å². The molecule has 1 amide bonds. The predicted molar refractivity (Wildman–Crippen MR) is 97.4 cm³/mol. The number of amides is 1. The van der Waals surface area contributed by atoms with E-state index in [1.807, 2.05) is 32.0 Å². The lowest BCUT2D eigenvalue weighted by molar-refractivity contribution is 0.0898. The van der Waals surface area contributed by atoms with Crippen LogP contribution in [0.15, 0.2) is 18.3 Å². The van der Waals surface area contributed by atoms with E-state index in [0.29, 0.717) is 18.0 Å². The van der Waals surface area contributed by atoms with Crippen molar-refractivity contribution in [2.45, 2.75) is 32.7 Å². The molecule has 1 rings (SSSR count). The highest BCUT2D eigenvalue weighted by Gasteiger charge is 2.26. The summed E-state index contributed by atoms with van der Waals surface area (Å²) in [6.45, 7) is 6.63. The van der Waals surface area contributed by atoms with E-state index in [2.05, 4.69) is 24.1 Å². The second kappa shape index (κ2) is 9.87. The van der Waals surface area contributed by atoms with Crippen LogP contribution in [0.3, 0.4) is 0 Å². The first-order valence-corrected chi connectivity index (χ1v) is 6.93. The van der Waals surface area contributed by atoms with Crippen LogP contribution < -0.4 is 16.0 Å². The van der Waals surface area contributed by atoms with Gasteiger partial charge in [0, 0.05) is 32.4 Å². The fraction of sp³-hybridized carbons (Fsp3) is 0.600. The highest BCUT2D eigenvalue weighted by Crippen LogP contribution is 2.16. The lowest BCUT2D eigenvalue weighted by Crippen LogP contribution is -2.52. The van der Waals surface area contributed by atoms with Crippen LogP contribution in [0.25, 0.3) is 0 Å². The van der Waals surface area contributed by atoms with Gasteiger partial charge in [-0.05, 0) is 31.4 Å². The maximum atomic E-state index is 12.3. The van der Waals surface area contributed by atoms with Crippen molar-refractivity contribution < 1.29 is 4.79 Å². The number of carbonyl (C=O) groups excluding carboxylic acids is 1. The maximum Gasteiger partial charge on any atom is 0.253 e. The molecule has 1 aromatic rings. The fourth-order valence-electron chi connectivity index (χ4n) is 2.22. The first-order chi connectivity index (χ1) is 9.27. The summed E-state index contributed by atoms with van der Waals surface area (Å²) >= 11 is 0. The van der Waals surface area contributed by atoms with Crippen molar-refractivity contribution in [3.05, 3.63) is 23.9 Å². The zero-order chi connectivity index (χ0) is 15.3. The molecule has 1 atom stereocenters. The largest absolute Gasteiger partial charge is 0.363 e. The average molecular weight is 351 g/mol. The van der Waals surface area contributed by atoms with E-state index < -0.39 is 0 Å². The number of carbonyl (C=O) groups is 1. The molecule has 0 spiro atoms. The molecule has 0 aromatic carbocycles. The highest BCUT2D eigenvalue weighted by atomic mass is 35.5. The van der Waals surface area contributed by atoms with Crippen molar-refractivity contribution in [1.82, 2.24) is 10.3 Å². The Morgan fingerprint density at radius 1 is 1.36 bits per heavy atom. The minimum absolute atomic E-state index is 0. The van der Waals surface area contributed by atoms with E-state index in [4.69, 9.17) is 5.73 Å². The zero-order valence-corrected chi connectivity index (χ0v) is 15.6. The molecule has 3 N–H and O–H groups in total. The van der Waals surface area contributed by atoms with Gasteiger partial charge in [0.25, 0.3) is 5.91 Å². The van der Waals surface area contributed by atoms with E-state index in [-0.39, 0.29) is 36.3 Å².